The number of carbonyl (C=O) groups is 2. The highest BCUT2D eigenvalue weighted by Gasteiger charge is 2.28. The summed E-state index contributed by atoms with van der Waals surface area (Å²) in [5, 5.41) is 0. The number of aryl methyl sites for hydroxylation is 1. The summed E-state index contributed by atoms with van der Waals surface area (Å²) in [6, 6.07) is 5.64. The van der Waals surface area contributed by atoms with E-state index in [9.17, 15) is 9.59 Å². The normalized spacial score (nSPS) is 15.4. The molecule has 1 amide bonds. The number of methoxy groups -OCH3 is 1. The number of nitrogens with zero attached hydrogens (tertiary/aromatic N) is 1. The van der Waals surface area contributed by atoms with E-state index in [0.717, 1.165) is 18.4 Å². The minimum absolute atomic E-state index is 0.000290. The summed E-state index contributed by atoms with van der Waals surface area (Å²) < 4.78 is 16.9. The van der Waals surface area contributed by atoms with Gasteiger partial charge in [0.15, 0.2) is 17.3 Å². The number of aromatic nitrogens is 1. The summed E-state index contributed by atoms with van der Waals surface area (Å²) in [6.45, 7) is 10.8. The van der Waals surface area contributed by atoms with E-state index >= 15 is 0 Å². The van der Waals surface area contributed by atoms with E-state index in [2.05, 4.69) is 11.6 Å². The molecule has 0 bridgehead atoms. The van der Waals surface area contributed by atoms with Gasteiger partial charge in [-0.3, -0.25) is 9.59 Å². The third-order valence-corrected chi connectivity index (χ3v) is 5.70. The molecule has 2 heterocycles. The van der Waals surface area contributed by atoms with Crippen molar-refractivity contribution < 1.29 is 23.8 Å². The Bertz CT molecular complexity index is 988. The van der Waals surface area contributed by atoms with Crippen LogP contribution in [0, 0.1) is 13.8 Å². The lowest BCUT2D eigenvalue weighted by Crippen LogP contribution is -2.37. The van der Waals surface area contributed by atoms with Crippen LogP contribution in [0.4, 0.5) is 0 Å². The maximum atomic E-state index is 13.6. The molecule has 1 aromatic carbocycles. The summed E-state index contributed by atoms with van der Waals surface area (Å²) in [4.78, 5) is 30.5. The number of rotatable bonds is 10. The van der Waals surface area contributed by atoms with Gasteiger partial charge in [-0.05, 0) is 56.9 Å². The topological polar surface area (TPSA) is 80.9 Å². The second-order valence-corrected chi connectivity index (χ2v) is 8.09. The highest BCUT2D eigenvalue weighted by molar-refractivity contribution is 6.02. The molecular weight excluding hydrogens is 408 g/mol. The van der Waals surface area contributed by atoms with E-state index in [1.807, 2.05) is 32.0 Å². The maximum Gasteiger partial charge on any atom is 0.270 e. The number of ether oxygens (including phenoxy) is 3. The van der Waals surface area contributed by atoms with Gasteiger partial charge >= 0.3 is 0 Å². The van der Waals surface area contributed by atoms with Gasteiger partial charge in [-0.1, -0.05) is 18.7 Å². The molecule has 1 aromatic heterocycles. The summed E-state index contributed by atoms with van der Waals surface area (Å²) in [6.07, 6.45) is 3.58. The average Bonchev–Trinajstić information content (AvgIpc) is 3.38. The number of nitrogens with one attached hydrogen (secondary N) is 1. The SMILES string of the molecule is C=CCOc1ccc(CN(C[C@H]2CCCO2)C(=O)c2[nH]c(C)c(C(C)=O)c2C)cc1OC. The van der Waals surface area contributed by atoms with Gasteiger partial charge in [0.2, 0.25) is 0 Å². The largest absolute Gasteiger partial charge is 0.493 e. The third-order valence-electron chi connectivity index (χ3n) is 5.70. The second kappa shape index (κ2) is 10.5. The van der Waals surface area contributed by atoms with Crippen LogP contribution in [0.3, 0.4) is 0 Å². The molecule has 7 nitrogen and oxygen atoms in total. The van der Waals surface area contributed by atoms with Gasteiger partial charge in [-0.2, -0.15) is 0 Å². The molecule has 2 aromatic rings. The van der Waals surface area contributed by atoms with Gasteiger partial charge in [-0.15, -0.1) is 0 Å². The summed E-state index contributed by atoms with van der Waals surface area (Å²) in [7, 11) is 1.59. The number of hydrogen-bond acceptors (Lipinski definition) is 5. The predicted octanol–water partition coefficient (Wildman–Crippen LogP) is 4.23. The minimum atomic E-state index is -0.153. The fraction of sp³-hybridized carbons (Fsp3) is 0.440. The van der Waals surface area contributed by atoms with Crippen LogP contribution in [-0.4, -0.2) is 54.5 Å². The van der Waals surface area contributed by atoms with Crippen LogP contribution in [0.25, 0.3) is 0 Å². The Balaban J connectivity index is 1.89. The maximum absolute atomic E-state index is 13.6. The first-order valence-corrected chi connectivity index (χ1v) is 10.9. The van der Waals surface area contributed by atoms with Crippen LogP contribution in [0.2, 0.25) is 0 Å². The molecule has 172 valence electrons. The van der Waals surface area contributed by atoms with Crippen molar-refractivity contribution in [2.45, 2.75) is 46.3 Å². The molecule has 0 radical (unpaired) electrons. The highest BCUT2D eigenvalue weighted by atomic mass is 16.5. The molecule has 0 aliphatic carbocycles. The van der Waals surface area contributed by atoms with Crippen LogP contribution in [0.15, 0.2) is 30.9 Å². The molecule has 1 fully saturated rings. The van der Waals surface area contributed by atoms with Crippen molar-refractivity contribution in [3.8, 4) is 11.5 Å². The van der Waals surface area contributed by atoms with Crippen molar-refractivity contribution in [3.63, 3.8) is 0 Å². The zero-order valence-corrected chi connectivity index (χ0v) is 19.3. The zero-order chi connectivity index (χ0) is 23.3. The lowest BCUT2D eigenvalue weighted by Gasteiger charge is -2.26. The van der Waals surface area contributed by atoms with Crippen molar-refractivity contribution in [2.75, 3.05) is 26.9 Å². The summed E-state index contributed by atoms with van der Waals surface area (Å²) in [5.74, 6) is 1.01. The fourth-order valence-corrected chi connectivity index (χ4v) is 4.20. The average molecular weight is 441 g/mol. The van der Waals surface area contributed by atoms with Crippen molar-refractivity contribution in [1.82, 2.24) is 9.88 Å². The van der Waals surface area contributed by atoms with Crippen molar-refractivity contribution in [3.05, 3.63) is 58.9 Å². The van der Waals surface area contributed by atoms with Gasteiger partial charge in [0.05, 0.1) is 13.2 Å². The van der Waals surface area contributed by atoms with Crippen LogP contribution < -0.4 is 9.47 Å². The van der Waals surface area contributed by atoms with Crippen LogP contribution >= 0.6 is 0 Å². The highest BCUT2D eigenvalue weighted by Crippen LogP contribution is 2.29. The number of ketones is 1. The van der Waals surface area contributed by atoms with Gasteiger partial charge in [0.1, 0.15) is 12.3 Å². The number of amides is 1. The molecule has 3 rings (SSSR count). The quantitative estimate of drug-likeness (QED) is 0.442. The predicted molar refractivity (Wildman–Crippen MR) is 123 cm³/mol. The number of carbonyl (C=O) groups excluding carboxylic acids is 2. The molecule has 1 aliphatic heterocycles. The molecule has 0 unspecified atom stereocenters. The first-order valence-electron chi connectivity index (χ1n) is 10.9. The van der Waals surface area contributed by atoms with Gasteiger partial charge in [0.25, 0.3) is 5.91 Å². The molecule has 0 spiro atoms. The molecule has 1 atom stereocenters. The first-order chi connectivity index (χ1) is 15.3. The Hall–Kier alpha value is -3.06. The lowest BCUT2D eigenvalue weighted by atomic mass is 10.1. The second-order valence-electron chi connectivity index (χ2n) is 8.09. The van der Waals surface area contributed by atoms with Crippen LogP contribution in [-0.2, 0) is 11.3 Å². The van der Waals surface area contributed by atoms with E-state index in [1.54, 1.807) is 18.1 Å². The van der Waals surface area contributed by atoms with Crippen molar-refractivity contribution >= 4 is 11.7 Å². The Morgan fingerprint density at radius 1 is 1.31 bits per heavy atom. The summed E-state index contributed by atoms with van der Waals surface area (Å²) in [5.41, 5.74) is 3.33. The molecule has 1 aliphatic rings. The standard InChI is InChI=1S/C25H32N2O5/c1-6-11-32-21-10-9-19(13-22(21)30-5)14-27(15-20-8-7-12-31-20)25(29)24-16(2)23(18(4)28)17(3)26-24/h6,9-10,13,20,26H,1,7-8,11-12,14-15H2,2-5H3/t20-/m1/s1. The minimum Gasteiger partial charge on any atom is -0.493 e. The van der Waals surface area contributed by atoms with E-state index in [1.165, 1.54) is 6.92 Å². The molecular formula is C25H32N2O5. The van der Waals surface area contributed by atoms with Crippen molar-refractivity contribution in [1.29, 1.82) is 0 Å². The first kappa shape index (κ1) is 23.6. The Morgan fingerprint density at radius 3 is 2.69 bits per heavy atom. The Kier molecular flexibility index (Phi) is 7.75. The Morgan fingerprint density at radius 2 is 2.09 bits per heavy atom. The molecule has 1 N–H and O–H groups in total. The number of benzene rings is 1. The molecule has 32 heavy (non-hydrogen) atoms. The fourth-order valence-electron chi connectivity index (χ4n) is 4.20. The number of H-pyrrole nitrogens is 1. The van der Waals surface area contributed by atoms with Crippen molar-refractivity contribution in [2.24, 2.45) is 0 Å². The van der Waals surface area contributed by atoms with E-state index in [4.69, 9.17) is 14.2 Å². The molecule has 0 saturated carbocycles. The zero-order valence-electron chi connectivity index (χ0n) is 19.3. The number of hydrogen-bond donors (Lipinski definition) is 1. The lowest BCUT2D eigenvalue weighted by molar-refractivity contribution is 0.0502. The monoisotopic (exact) mass is 440 g/mol. The van der Waals surface area contributed by atoms with E-state index in [0.29, 0.717) is 60.3 Å². The number of aromatic amines is 1. The third kappa shape index (κ3) is 5.22. The van der Waals surface area contributed by atoms with Crippen LogP contribution in [0.5, 0.6) is 11.5 Å². The molecule has 1 saturated heterocycles. The Labute approximate surface area is 189 Å². The summed E-state index contributed by atoms with van der Waals surface area (Å²) >= 11 is 0. The smallest absolute Gasteiger partial charge is 0.270 e. The van der Waals surface area contributed by atoms with E-state index < -0.39 is 0 Å². The van der Waals surface area contributed by atoms with Crippen LogP contribution in [0.1, 0.15) is 57.4 Å². The van der Waals surface area contributed by atoms with E-state index in [-0.39, 0.29) is 17.8 Å². The van der Waals surface area contributed by atoms with Gasteiger partial charge < -0.3 is 24.1 Å². The van der Waals surface area contributed by atoms with Gasteiger partial charge in [0, 0.05) is 31.0 Å². The number of Topliss-reactive ketones (excluding diaryl/α,β-unsaturated/α-hetero) is 1. The van der Waals surface area contributed by atoms with Gasteiger partial charge in [-0.25, -0.2) is 0 Å². The molecule has 7 heteroatoms.